The molecule has 0 saturated heterocycles. The van der Waals surface area contributed by atoms with Crippen LogP contribution in [0.1, 0.15) is 16.1 Å². The largest absolute Gasteiger partial charge is 0.381 e. The molecule has 3 aromatic rings. The summed E-state index contributed by atoms with van der Waals surface area (Å²) >= 11 is 0. The van der Waals surface area contributed by atoms with Crippen molar-refractivity contribution in [2.24, 2.45) is 0 Å². The van der Waals surface area contributed by atoms with Gasteiger partial charge in [-0.2, -0.15) is 0 Å². The first-order valence-electron chi connectivity index (χ1n) is 7.72. The highest BCUT2D eigenvalue weighted by atomic mass is 19.1. The van der Waals surface area contributed by atoms with Gasteiger partial charge in [0.2, 0.25) is 0 Å². The number of carbonyl (C=O) groups is 1. The van der Waals surface area contributed by atoms with Gasteiger partial charge in [-0.3, -0.25) is 9.78 Å². The van der Waals surface area contributed by atoms with Crippen molar-refractivity contribution in [3.63, 3.8) is 0 Å². The first-order chi connectivity index (χ1) is 12.5. The number of hydrogen-bond donors (Lipinski definition) is 2. The fraction of sp³-hybridized carbons (Fsp3) is 0.0526. The summed E-state index contributed by atoms with van der Waals surface area (Å²) in [5, 5.41) is 5.44. The Morgan fingerprint density at radius 2 is 1.65 bits per heavy atom. The lowest BCUT2D eigenvalue weighted by molar-refractivity contribution is 0.102. The third-order valence-electron chi connectivity index (χ3n) is 3.58. The molecule has 0 unspecified atom stereocenters. The average Bonchev–Trinajstić information content (AvgIpc) is 2.64. The summed E-state index contributed by atoms with van der Waals surface area (Å²) in [5.41, 5.74) is 1.41. The van der Waals surface area contributed by atoms with Gasteiger partial charge in [-0.15, -0.1) is 0 Å². The molecule has 0 aliphatic rings. The lowest BCUT2D eigenvalue weighted by Crippen LogP contribution is -2.15. The van der Waals surface area contributed by atoms with Crippen LogP contribution in [-0.4, -0.2) is 10.9 Å². The molecule has 1 amide bonds. The first kappa shape index (κ1) is 17.5. The third-order valence-corrected chi connectivity index (χ3v) is 3.58. The Kier molecular flexibility index (Phi) is 5.17. The lowest BCUT2D eigenvalue weighted by Gasteiger charge is -2.09. The van der Waals surface area contributed by atoms with Gasteiger partial charge in [-0.25, -0.2) is 13.2 Å². The Bertz CT molecular complexity index is 930. The Morgan fingerprint density at radius 3 is 2.38 bits per heavy atom. The molecule has 0 spiro atoms. The van der Waals surface area contributed by atoms with E-state index in [4.69, 9.17) is 0 Å². The van der Waals surface area contributed by atoms with Crippen molar-refractivity contribution in [2.75, 3.05) is 10.6 Å². The summed E-state index contributed by atoms with van der Waals surface area (Å²) in [7, 11) is 0. The summed E-state index contributed by atoms with van der Waals surface area (Å²) in [6.45, 7) is 0.429. The second-order valence-corrected chi connectivity index (χ2v) is 5.49. The van der Waals surface area contributed by atoms with Crippen LogP contribution in [0.25, 0.3) is 0 Å². The van der Waals surface area contributed by atoms with Crippen molar-refractivity contribution in [3.05, 3.63) is 89.5 Å². The predicted molar refractivity (Wildman–Crippen MR) is 92.3 cm³/mol. The molecule has 7 heteroatoms. The molecule has 0 atom stereocenters. The molecule has 2 aromatic carbocycles. The molecule has 0 fully saturated rings. The summed E-state index contributed by atoms with van der Waals surface area (Å²) in [4.78, 5) is 16.2. The minimum atomic E-state index is -0.871. The number of anilines is 2. The number of amides is 1. The van der Waals surface area contributed by atoms with E-state index >= 15 is 0 Å². The zero-order valence-corrected chi connectivity index (χ0v) is 13.5. The highest BCUT2D eigenvalue weighted by molar-refractivity contribution is 6.03. The van der Waals surface area contributed by atoms with Crippen molar-refractivity contribution in [3.8, 4) is 0 Å². The van der Waals surface area contributed by atoms with Gasteiger partial charge in [0.1, 0.15) is 23.1 Å². The number of hydrogen-bond acceptors (Lipinski definition) is 3. The Labute approximate surface area is 147 Å². The van der Waals surface area contributed by atoms with Gasteiger partial charge >= 0.3 is 0 Å². The molecule has 0 aliphatic carbocycles. The maximum Gasteiger partial charge on any atom is 0.274 e. The number of carbonyl (C=O) groups excluding carboxylic acids is 1. The van der Waals surface area contributed by atoms with Gasteiger partial charge in [-0.1, -0.05) is 12.1 Å². The maximum atomic E-state index is 13.6. The lowest BCUT2D eigenvalue weighted by atomic mass is 10.2. The summed E-state index contributed by atoms with van der Waals surface area (Å²) < 4.78 is 39.4. The summed E-state index contributed by atoms with van der Waals surface area (Å²) in [6.07, 6.45) is 1.43. The smallest absolute Gasteiger partial charge is 0.274 e. The van der Waals surface area contributed by atoms with Crippen LogP contribution in [0.2, 0.25) is 0 Å². The van der Waals surface area contributed by atoms with Crippen LogP contribution in [0.3, 0.4) is 0 Å². The molecule has 0 saturated carbocycles. The van der Waals surface area contributed by atoms with Crippen LogP contribution in [0.4, 0.5) is 24.5 Å². The second kappa shape index (κ2) is 7.69. The third kappa shape index (κ3) is 4.38. The van der Waals surface area contributed by atoms with Gasteiger partial charge in [0.05, 0.1) is 5.69 Å². The Balaban J connectivity index is 1.67. The Hall–Kier alpha value is -3.35. The van der Waals surface area contributed by atoms with Gasteiger partial charge in [-0.05, 0) is 42.0 Å². The van der Waals surface area contributed by atoms with Crippen LogP contribution >= 0.6 is 0 Å². The van der Waals surface area contributed by atoms with E-state index in [0.29, 0.717) is 18.3 Å². The fourth-order valence-corrected chi connectivity index (χ4v) is 2.25. The van der Waals surface area contributed by atoms with E-state index in [9.17, 15) is 18.0 Å². The number of benzene rings is 2. The molecule has 0 radical (unpaired) electrons. The van der Waals surface area contributed by atoms with Crippen molar-refractivity contribution in [1.82, 2.24) is 4.98 Å². The van der Waals surface area contributed by atoms with Crippen molar-refractivity contribution in [2.45, 2.75) is 6.54 Å². The number of aromatic nitrogens is 1. The van der Waals surface area contributed by atoms with Gasteiger partial charge in [0.25, 0.3) is 5.91 Å². The quantitative estimate of drug-likeness (QED) is 0.713. The van der Waals surface area contributed by atoms with Gasteiger partial charge < -0.3 is 10.6 Å². The normalized spacial score (nSPS) is 10.4. The number of rotatable bonds is 5. The van der Waals surface area contributed by atoms with E-state index in [1.54, 1.807) is 18.2 Å². The second-order valence-electron chi connectivity index (χ2n) is 5.49. The van der Waals surface area contributed by atoms with E-state index < -0.39 is 17.5 Å². The summed E-state index contributed by atoms with van der Waals surface area (Å²) in [5.74, 6) is -2.54. The van der Waals surface area contributed by atoms with E-state index in [1.807, 2.05) is 0 Å². The molecule has 0 aliphatic heterocycles. The van der Waals surface area contributed by atoms with Gasteiger partial charge in [0.15, 0.2) is 0 Å². The van der Waals surface area contributed by atoms with Crippen LogP contribution in [0.15, 0.2) is 60.8 Å². The van der Waals surface area contributed by atoms with Crippen LogP contribution < -0.4 is 10.6 Å². The monoisotopic (exact) mass is 357 g/mol. The van der Waals surface area contributed by atoms with Crippen molar-refractivity contribution < 1.29 is 18.0 Å². The zero-order chi connectivity index (χ0) is 18.5. The number of nitrogens with zero attached hydrogens (tertiary/aromatic N) is 1. The molecule has 1 aromatic heterocycles. The highest BCUT2D eigenvalue weighted by Crippen LogP contribution is 2.17. The molecule has 4 nitrogen and oxygen atoms in total. The molecule has 1 heterocycles. The predicted octanol–water partition coefficient (Wildman–Crippen LogP) is 4.36. The molecule has 2 N–H and O–H groups in total. The number of nitrogens with one attached hydrogen (secondary N) is 2. The topological polar surface area (TPSA) is 54.0 Å². The highest BCUT2D eigenvalue weighted by Gasteiger charge is 2.12. The van der Waals surface area contributed by atoms with Crippen molar-refractivity contribution >= 4 is 17.3 Å². The standard InChI is InChI=1S/C19H14F3N3O/c20-13-3-1-12(2-4-13)11-24-15-7-8-23-18(10-15)19(26)25-17-6-5-14(21)9-16(17)22/h1-10H,11H2,(H,23,24)(H,25,26). The minimum absolute atomic E-state index is 0.0674. The molecule has 26 heavy (non-hydrogen) atoms. The average molecular weight is 357 g/mol. The van der Waals surface area contributed by atoms with Crippen molar-refractivity contribution in [1.29, 1.82) is 0 Å². The summed E-state index contributed by atoms with van der Waals surface area (Å²) in [6, 6.07) is 12.1. The van der Waals surface area contributed by atoms with E-state index in [1.165, 1.54) is 24.4 Å². The van der Waals surface area contributed by atoms with Crippen LogP contribution in [0.5, 0.6) is 0 Å². The molecule has 0 bridgehead atoms. The first-order valence-corrected chi connectivity index (χ1v) is 7.72. The number of pyridine rings is 1. The SMILES string of the molecule is O=C(Nc1ccc(F)cc1F)c1cc(NCc2ccc(F)cc2)ccn1. The maximum absolute atomic E-state index is 13.6. The molecule has 3 rings (SSSR count). The zero-order valence-electron chi connectivity index (χ0n) is 13.5. The molecule has 132 valence electrons. The van der Waals surface area contributed by atoms with E-state index in [0.717, 1.165) is 17.7 Å². The fourth-order valence-electron chi connectivity index (χ4n) is 2.25. The minimum Gasteiger partial charge on any atom is -0.381 e. The number of halogens is 3. The van der Waals surface area contributed by atoms with Crippen LogP contribution in [0, 0.1) is 17.5 Å². The van der Waals surface area contributed by atoms with E-state index in [2.05, 4.69) is 15.6 Å². The van der Waals surface area contributed by atoms with Gasteiger partial charge in [0, 0.05) is 24.5 Å². The Morgan fingerprint density at radius 1 is 0.923 bits per heavy atom. The van der Waals surface area contributed by atoms with Crippen LogP contribution in [-0.2, 0) is 6.54 Å². The molecular weight excluding hydrogens is 343 g/mol. The molecular formula is C19H14F3N3O. The van der Waals surface area contributed by atoms with E-state index in [-0.39, 0.29) is 17.2 Å².